The van der Waals surface area contributed by atoms with Crippen molar-refractivity contribution < 1.29 is 19.4 Å². The average Bonchev–Trinajstić information content (AvgIpc) is 3.08. The topological polar surface area (TPSA) is 111 Å². The summed E-state index contributed by atoms with van der Waals surface area (Å²) >= 11 is 7.16. The number of benzene rings is 1. The molecule has 3 rings (SSSR count). The van der Waals surface area contributed by atoms with E-state index in [-0.39, 0.29) is 23.4 Å². The van der Waals surface area contributed by atoms with Gasteiger partial charge in [-0.15, -0.1) is 11.3 Å². The summed E-state index contributed by atoms with van der Waals surface area (Å²) in [6, 6.07) is 4.77. The molecule has 0 saturated carbocycles. The number of nitrogens with one attached hydrogen (secondary N) is 1. The van der Waals surface area contributed by atoms with Crippen molar-refractivity contribution in [2.45, 2.75) is 26.3 Å². The van der Waals surface area contributed by atoms with Crippen molar-refractivity contribution in [3.8, 4) is 5.75 Å². The fraction of sp³-hybridized carbons (Fsp3) is 0.263. The van der Waals surface area contributed by atoms with Crippen molar-refractivity contribution in [2.75, 3.05) is 12.4 Å². The highest BCUT2D eigenvalue weighted by atomic mass is 35.5. The number of amides is 1. The largest absolute Gasteiger partial charge is 0.495 e. The second kappa shape index (κ2) is 8.22. The van der Waals surface area contributed by atoms with Gasteiger partial charge < -0.3 is 15.2 Å². The number of halogens is 1. The molecule has 2 heterocycles. The summed E-state index contributed by atoms with van der Waals surface area (Å²) in [5.41, 5.74) is -0.232. The van der Waals surface area contributed by atoms with Crippen LogP contribution in [0.2, 0.25) is 5.02 Å². The van der Waals surface area contributed by atoms with Crippen LogP contribution in [0.1, 0.15) is 35.9 Å². The van der Waals surface area contributed by atoms with E-state index in [1.165, 1.54) is 23.1 Å². The molecule has 0 unspecified atom stereocenters. The molecule has 0 aliphatic rings. The predicted octanol–water partition coefficient (Wildman–Crippen LogP) is 3.58. The first-order valence-corrected chi connectivity index (χ1v) is 9.87. The van der Waals surface area contributed by atoms with Crippen LogP contribution in [0.4, 0.5) is 5.69 Å². The number of ether oxygens (including phenoxy) is 1. The second-order valence-electron chi connectivity index (χ2n) is 6.55. The number of hydrogen-bond donors (Lipinski definition) is 2. The average molecular weight is 436 g/mol. The summed E-state index contributed by atoms with van der Waals surface area (Å²) in [6.45, 7) is 3.38. The molecule has 0 saturated heterocycles. The molecular weight excluding hydrogens is 418 g/mol. The first-order valence-electron chi connectivity index (χ1n) is 8.61. The number of rotatable bonds is 6. The van der Waals surface area contributed by atoms with E-state index in [0.29, 0.717) is 27.1 Å². The van der Waals surface area contributed by atoms with Crippen molar-refractivity contribution in [3.05, 3.63) is 50.3 Å². The lowest BCUT2D eigenvalue weighted by atomic mass is 10.2. The third-order valence-corrected chi connectivity index (χ3v) is 5.37. The number of methoxy groups -OCH3 is 1. The van der Waals surface area contributed by atoms with Gasteiger partial charge in [0.1, 0.15) is 22.9 Å². The van der Waals surface area contributed by atoms with Gasteiger partial charge in [-0.1, -0.05) is 25.4 Å². The number of fused-ring (bicyclic) bond motifs is 1. The van der Waals surface area contributed by atoms with Crippen LogP contribution in [0.25, 0.3) is 10.2 Å². The molecule has 1 aromatic carbocycles. The van der Waals surface area contributed by atoms with Crippen molar-refractivity contribution in [2.24, 2.45) is 0 Å². The van der Waals surface area contributed by atoms with Gasteiger partial charge >= 0.3 is 5.97 Å². The highest BCUT2D eigenvalue weighted by Crippen LogP contribution is 2.27. The molecule has 2 N–H and O–H groups in total. The molecule has 0 atom stereocenters. The van der Waals surface area contributed by atoms with E-state index in [4.69, 9.17) is 16.3 Å². The summed E-state index contributed by atoms with van der Waals surface area (Å²) in [5.74, 6) is -0.953. The zero-order chi connectivity index (χ0) is 21.3. The first kappa shape index (κ1) is 20.8. The quantitative estimate of drug-likeness (QED) is 0.612. The lowest BCUT2D eigenvalue weighted by Crippen LogP contribution is -2.32. The lowest BCUT2D eigenvalue weighted by molar-refractivity contribution is -0.116. The number of aromatic nitrogens is 2. The summed E-state index contributed by atoms with van der Waals surface area (Å²) < 4.78 is 6.29. The van der Waals surface area contributed by atoms with Crippen LogP contribution in [-0.4, -0.2) is 33.6 Å². The summed E-state index contributed by atoms with van der Waals surface area (Å²) in [5, 5.41) is 13.7. The third kappa shape index (κ3) is 4.10. The van der Waals surface area contributed by atoms with Crippen LogP contribution in [0, 0.1) is 0 Å². The zero-order valence-electron chi connectivity index (χ0n) is 15.9. The molecule has 10 heteroatoms. The maximum absolute atomic E-state index is 13.0. The fourth-order valence-corrected chi connectivity index (χ4v) is 4.05. The number of nitrogens with zero attached hydrogens (tertiary/aromatic N) is 2. The third-order valence-electron chi connectivity index (χ3n) is 4.21. The van der Waals surface area contributed by atoms with Gasteiger partial charge in [0.25, 0.3) is 5.56 Å². The number of hydrogen-bond acceptors (Lipinski definition) is 6. The number of carbonyl (C=O) groups is 2. The smallest absolute Gasteiger partial charge is 0.337 e. The number of anilines is 1. The van der Waals surface area contributed by atoms with Crippen molar-refractivity contribution in [3.63, 3.8) is 0 Å². The minimum atomic E-state index is -1.21. The predicted molar refractivity (Wildman–Crippen MR) is 112 cm³/mol. The molecule has 3 aromatic rings. The maximum atomic E-state index is 13.0. The molecule has 1 amide bonds. The Morgan fingerprint density at radius 2 is 2.10 bits per heavy atom. The van der Waals surface area contributed by atoms with Crippen LogP contribution < -0.4 is 15.6 Å². The van der Waals surface area contributed by atoms with Gasteiger partial charge in [0.2, 0.25) is 5.91 Å². The van der Waals surface area contributed by atoms with Crippen molar-refractivity contribution in [1.82, 2.24) is 9.55 Å². The van der Waals surface area contributed by atoms with Crippen molar-refractivity contribution in [1.29, 1.82) is 0 Å². The normalized spacial score (nSPS) is 11.1. The minimum Gasteiger partial charge on any atom is -0.495 e. The molecule has 0 aliphatic carbocycles. The van der Waals surface area contributed by atoms with Crippen LogP contribution >= 0.6 is 22.9 Å². The summed E-state index contributed by atoms with van der Waals surface area (Å²) in [6.07, 6.45) is 0. The van der Waals surface area contributed by atoms with E-state index < -0.39 is 17.4 Å². The molecule has 2 aromatic heterocycles. The van der Waals surface area contributed by atoms with Gasteiger partial charge in [-0.25, -0.2) is 9.78 Å². The molecule has 0 aliphatic heterocycles. The Balaban J connectivity index is 1.98. The molecule has 8 nitrogen and oxygen atoms in total. The lowest BCUT2D eigenvalue weighted by Gasteiger charge is -2.15. The summed E-state index contributed by atoms with van der Waals surface area (Å²) in [7, 11) is 1.48. The molecule has 0 spiro atoms. The zero-order valence-corrected chi connectivity index (χ0v) is 17.4. The van der Waals surface area contributed by atoms with Gasteiger partial charge in [0.05, 0.1) is 23.1 Å². The summed E-state index contributed by atoms with van der Waals surface area (Å²) in [4.78, 5) is 41.8. The fourth-order valence-electron chi connectivity index (χ4n) is 2.88. The number of aromatic carboxylic acids is 1. The van der Waals surface area contributed by atoms with Crippen LogP contribution in [0.15, 0.2) is 28.4 Å². The number of carboxylic acid groups (broad SMARTS) is 1. The van der Waals surface area contributed by atoms with Gasteiger partial charge in [-0.2, -0.15) is 0 Å². The van der Waals surface area contributed by atoms with Gasteiger partial charge in [-0.3, -0.25) is 14.2 Å². The van der Waals surface area contributed by atoms with Crippen LogP contribution in [0.3, 0.4) is 0 Å². The van der Waals surface area contributed by atoms with E-state index in [0.717, 1.165) is 11.3 Å². The molecule has 0 bridgehead atoms. The molecule has 152 valence electrons. The second-order valence-corrected chi connectivity index (χ2v) is 7.81. The molecule has 0 fully saturated rings. The Hall–Kier alpha value is -2.91. The van der Waals surface area contributed by atoms with E-state index in [1.807, 2.05) is 13.8 Å². The van der Waals surface area contributed by atoms with Crippen molar-refractivity contribution >= 4 is 50.7 Å². The Morgan fingerprint density at radius 1 is 1.38 bits per heavy atom. The van der Waals surface area contributed by atoms with Gasteiger partial charge in [0.15, 0.2) is 0 Å². The molecule has 29 heavy (non-hydrogen) atoms. The minimum absolute atomic E-state index is 0.00666. The van der Waals surface area contributed by atoms with E-state index >= 15 is 0 Å². The highest BCUT2D eigenvalue weighted by molar-refractivity contribution is 7.17. The van der Waals surface area contributed by atoms with Gasteiger partial charge in [-0.05, 0) is 18.2 Å². The molecular formula is C19H18ClN3O5S. The number of carboxylic acids is 1. The van der Waals surface area contributed by atoms with Gasteiger partial charge in [0, 0.05) is 17.0 Å². The Labute approximate surface area is 174 Å². The Morgan fingerprint density at radius 3 is 2.69 bits per heavy atom. The van der Waals surface area contributed by atoms with E-state index in [9.17, 15) is 19.5 Å². The maximum Gasteiger partial charge on any atom is 0.337 e. The van der Waals surface area contributed by atoms with E-state index in [1.54, 1.807) is 12.1 Å². The standard InChI is InChI=1S/C19H18ClN3O5S/c1-9(2)16-22-17-15(11(8-29-17)19(26)27)18(25)23(16)7-14(24)21-10-4-5-13(28-3)12(20)6-10/h4-6,8-9H,7H2,1-3H3,(H,21,24)(H,26,27). The first-order chi connectivity index (χ1) is 13.7. The Kier molecular flexibility index (Phi) is 5.90. The number of carbonyl (C=O) groups excluding carboxylic acids is 1. The SMILES string of the molecule is COc1ccc(NC(=O)Cn2c(C(C)C)nc3scc(C(=O)O)c3c2=O)cc1Cl. The number of thiophene rings is 1. The molecule has 0 radical (unpaired) electrons. The van der Waals surface area contributed by atoms with Crippen LogP contribution in [-0.2, 0) is 11.3 Å². The van der Waals surface area contributed by atoms with E-state index in [2.05, 4.69) is 10.3 Å². The highest BCUT2D eigenvalue weighted by Gasteiger charge is 2.22. The Bertz CT molecular complexity index is 1170. The monoisotopic (exact) mass is 435 g/mol. The van der Waals surface area contributed by atoms with Crippen LogP contribution in [0.5, 0.6) is 5.75 Å².